The molecule has 3 heteroatoms. The summed E-state index contributed by atoms with van der Waals surface area (Å²) >= 11 is 0. The highest BCUT2D eigenvalue weighted by molar-refractivity contribution is 6.03. The number of carbonyl (C=O) groups excluding carboxylic acids is 1. The van der Waals surface area contributed by atoms with Crippen LogP contribution in [0.25, 0.3) is 0 Å². The normalized spacial score (nSPS) is 23.7. The van der Waals surface area contributed by atoms with Crippen LogP contribution < -0.4 is 5.32 Å². The maximum Gasteiger partial charge on any atom is 0.232 e. The van der Waals surface area contributed by atoms with E-state index in [1.165, 1.54) is 16.7 Å². The molecule has 0 spiro atoms. The van der Waals surface area contributed by atoms with Gasteiger partial charge in [-0.15, -0.1) is 0 Å². The van der Waals surface area contributed by atoms with Crippen LogP contribution in [0, 0.1) is 0 Å². The number of aliphatic imine (C=N–C) groups is 1. The summed E-state index contributed by atoms with van der Waals surface area (Å²) in [5.41, 5.74) is 8.24. The lowest BCUT2D eigenvalue weighted by Gasteiger charge is -2.30. The van der Waals surface area contributed by atoms with Crippen LogP contribution in [0.3, 0.4) is 0 Å². The highest BCUT2D eigenvalue weighted by atomic mass is 16.1. The Morgan fingerprint density at radius 3 is 2.73 bits per heavy atom. The standard InChI is InChI=1S/C19H18N2O/c1-11-12(2)21-17-9-16-14(8-15(11)17)10-20-19(22)18(16)13-6-4-3-5-7-13/h3-7,9,18H,8,10H2,1-2H3,(H,20,22). The summed E-state index contributed by atoms with van der Waals surface area (Å²) in [6.07, 6.45) is 3.03. The first-order chi connectivity index (χ1) is 10.6. The van der Waals surface area contributed by atoms with Gasteiger partial charge in [0.15, 0.2) is 0 Å². The molecule has 3 nitrogen and oxygen atoms in total. The molecule has 1 amide bonds. The van der Waals surface area contributed by atoms with Gasteiger partial charge in [0.05, 0.1) is 11.6 Å². The smallest absolute Gasteiger partial charge is 0.232 e. The van der Waals surface area contributed by atoms with Gasteiger partial charge in [0, 0.05) is 12.3 Å². The van der Waals surface area contributed by atoms with Gasteiger partial charge in [0.2, 0.25) is 5.91 Å². The van der Waals surface area contributed by atoms with E-state index in [2.05, 4.69) is 30.2 Å². The molecule has 22 heavy (non-hydrogen) atoms. The number of fused-ring (bicyclic) bond motifs is 1. The zero-order valence-electron chi connectivity index (χ0n) is 12.8. The van der Waals surface area contributed by atoms with Crippen molar-refractivity contribution in [3.63, 3.8) is 0 Å². The molecular formula is C19H18N2O. The van der Waals surface area contributed by atoms with Crippen molar-refractivity contribution in [3.05, 3.63) is 70.0 Å². The van der Waals surface area contributed by atoms with Crippen molar-refractivity contribution in [2.45, 2.75) is 26.2 Å². The molecule has 4 rings (SSSR count). The number of nitrogens with zero attached hydrogens (tertiary/aromatic N) is 1. The van der Waals surface area contributed by atoms with E-state index in [9.17, 15) is 4.79 Å². The molecular weight excluding hydrogens is 272 g/mol. The third-order valence-corrected chi connectivity index (χ3v) is 4.87. The summed E-state index contributed by atoms with van der Waals surface area (Å²) in [4.78, 5) is 17.1. The van der Waals surface area contributed by atoms with Crippen LogP contribution in [0.15, 0.2) is 69.4 Å². The molecule has 1 atom stereocenters. The predicted molar refractivity (Wildman–Crippen MR) is 87.7 cm³/mol. The minimum atomic E-state index is -0.213. The van der Waals surface area contributed by atoms with Gasteiger partial charge >= 0.3 is 0 Å². The van der Waals surface area contributed by atoms with E-state index in [0.29, 0.717) is 6.54 Å². The van der Waals surface area contributed by atoms with Gasteiger partial charge in [-0.05, 0) is 54.2 Å². The van der Waals surface area contributed by atoms with Crippen molar-refractivity contribution >= 4 is 11.6 Å². The van der Waals surface area contributed by atoms with E-state index in [0.717, 1.165) is 29.0 Å². The zero-order valence-corrected chi connectivity index (χ0v) is 12.8. The number of hydrogen-bond donors (Lipinski definition) is 1. The van der Waals surface area contributed by atoms with Gasteiger partial charge in [-0.1, -0.05) is 30.3 Å². The molecule has 0 radical (unpaired) electrons. The topological polar surface area (TPSA) is 41.5 Å². The number of nitrogens with one attached hydrogen (secondary N) is 1. The Kier molecular flexibility index (Phi) is 2.89. The van der Waals surface area contributed by atoms with E-state index in [-0.39, 0.29) is 11.8 Å². The lowest BCUT2D eigenvalue weighted by Crippen LogP contribution is -2.38. The molecule has 0 bridgehead atoms. The highest BCUT2D eigenvalue weighted by Gasteiger charge is 2.34. The largest absolute Gasteiger partial charge is 0.352 e. The van der Waals surface area contributed by atoms with Crippen LogP contribution in [-0.4, -0.2) is 18.2 Å². The average molecular weight is 290 g/mol. The number of hydrogen-bond acceptors (Lipinski definition) is 2. The Morgan fingerprint density at radius 1 is 1.18 bits per heavy atom. The van der Waals surface area contributed by atoms with Crippen LogP contribution in [0.1, 0.15) is 31.7 Å². The first-order valence-corrected chi connectivity index (χ1v) is 7.67. The van der Waals surface area contributed by atoms with Gasteiger partial charge in [0.1, 0.15) is 0 Å². The van der Waals surface area contributed by atoms with Crippen LogP contribution in [0.4, 0.5) is 0 Å². The monoisotopic (exact) mass is 290 g/mol. The zero-order chi connectivity index (χ0) is 15.3. The fraction of sp³-hybridized carbons (Fsp3) is 0.263. The van der Waals surface area contributed by atoms with Crippen molar-refractivity contribution in [2.24, 2.45) is 4.99 Å². The Morgan fingerprint density at radius 2 is 1.95 bits per heavy atom. The van der Waals surface area contributed by atoms with Crippen molar-refractivity contribution in [1.29, 1.82) is 0 Å². The fourth-order valence-corrected chi connectivity index (χ4v) is 3.52. The number of carbonyl (C=O) groups is 1. The van der Waals surface area contributed by atoms with E-state index in [1.54, 1.807) is 0 Å². The van der Waals surface area contributed by atoms with E-state index in [4.69, 9.17) is 0 Å². The fourth-order valence-electron chi connectivity index (χ4n) is 3.52. The van der Waals surface area contributed by atoms with Gasteiger partial charge < -0.3 is 5.32 Å². The summed E-state index contributed by atoms with van der Waals surface area (Å²) in [5, 5.41) is 3.05. The number of amides is 1. The van der Waals surface area contributed by atoms with E-state index >= 15 is 0 Å². The molecule has 1 aromatic carbocycles. The van der Waals surface area contributed by atoms with Crippen molar-refractivity contribution in [3.8, 4) is 0 Å². The number of allylic oxidation sites excluding steroid dienone is 3. The van der Waals surface area contributed by atoms with Crippen molar-refractivity contribution < 1.29 is 4.79 Å². The Bertz CT molecular complexity index is 794. The summed E-state index contributed by atoms with van der Waals surface area (Å²) in [7, 11) is 0. The van der Waals surface area contributed by atoms with Gasteiger partial charge in [-0.25, -0.2) is 0 Å². The highest BCUT2D eigenvalue weighted by Crippen LogP contribution is 2.42. The predicted octanol–water partition coefficient (Wildman–Crippen LogP) is 3.28. The van der Waals surface area contributed by atoms with E-state index < -0.39 is 0 Å². The number of benzene rings is 1. The van der Waals surface area contributed by atoms with E-state index in [1.807, 2.05) is 30.3 Å². The quantitative estimate of drug-likeness (QED) is 0.847. The molecule has 1 aliphatic carbocycles. The molecule has 0 saturated heterocycles. The molecule has 110 valence electrons. The summed E-state index contributed by atoms with van der Waals surface area (Å²) in [6.45, 7) is 4.84. The van der Waals surface area contributed by atoms with Crippen molar-refractivity contribution in [2.75, 3.05) is 6.54 Å². The van der Waals surface area contributed by atoms with Crippen LogP contribution in [0.5, 0.6) is 0 Å². The summed E-state index contributed by atoms with van der Waals surface area (Å²) in [6, 6.07) is 10.0. The SMILES string of the molecule is CC1=NC2=CC3=C(CNC(=O)C3c3ccccc3)CC2=C1C. The molecule has 0 fully saturated rings. The molecule has 1 unspecified atom stereocenters. The Balaban J connectivity index is 1.84. The molecule has 2 aliphatic heterocycles. The molecule has 2 heterocycles. The first-order valence-electron chi connectivity index (χ1n) is 7.67. The first kappa shape index (κ1) is 13.3. The number of rotatable bonds is 1. The summed E-state index contributed by atoms with van der Waals surface area (Å²) in [5.74, 6) is -0.125. The van der Waals surface area contributed by atoms with Gasteiger partial charge in [-0.2, -0.15) is 0 Å². The van der Waals surface area contributed by atoms with Crippen LogP contribution in [-0.2, 0) is 4.79 Å². The molecule has 3 aliphatic rings. The summed E-state index contributed by atoms with van der Waals surface area (Å²) < 4.78 is 0. The third-order valence-electron chi connectivity index (χ3n) is 4.87. The minimum absolute atomic E-state index is 0.0876. The maximum absolute atomic E-state index is 12.4. The third kappa shape index (κ3) is 1.89. The van der Waals surface area contributed by atoms with Gasteiger partial charge in [0.25, 0.3) is 0 Å². The second kappa shape index (κ2) is 4.80. The van der Waals surface area contributed by atoms with Gasteiger partial charge in [-0.3, -0.25) is 9.79 Å². The molecule has 1 N–H and O–H groups in total. The van der Waals surface area contributed by atoms with Crippen molar-refractivity contribution in [1.82, 2.24) is 5.32 Å². The minimum Gasteiger partial charge on any atom is -0.352 e. The average Bonchev–Trinajstić information content (AvgIpc) is 2.80. The molecule has 1 aromatic rings. The molecule has 0 saturated carbocycles. The van der Waals surface area contributed by atoms with Crippen LogP contribution >= 0.6 is 0 Å². The maximum atomic E-state index is 12.4. The second-order valence-electron chi connectivity index (χ2n) is 6.13. The van der Waals surface area contributed by atoms with Crippen LogP contribution in [0.2, 0.25) is 0 Å². The Labute approximate surface area is 130 Å². The molecule has 0 aromatic heterocycles. The Hall–Kier alpha value is -2.42. The second-order valence-corrected chi connectivity index (χ2v) is 6.13. The lowest BCUT2D eigenvalue weighted by atomic mass is 9.78. The lowest BCUT2D eigenvalue weighted by molar-refractivity contribution is -0.121.